The number of nitrogens with one attached hydrogen (secondary N) is 2. The number of amidine groups is 1. The van der Waals surface area contributed by atoms with E-state index in [9.17, 15) is 13.2 Å². The number of unbranched alkanes of at least 4 members (excludes halogenated alkanes) is 1. The van der Waals surface area contributed by atoms with Crippen molar-refractivity contribution in [2.24, 2.45) is 4.99 Å². The van der Waals surface area contributed by atoms with Gasteiger partial charge in [0, 0.05) is 31.0 Å². The number of carbonyl (C=O) groups excluding carboxylic acids is 1. The Labute approximate surface area is 165 Å². The lowest BCUT2D eigenvalue weighted by Gasteiger charge is -2.14. The third-order valence-electron chi connectivity index (χ3n) is 4.50. The van der Waals surface area contributed by atoms with Crippen LogP contribution in [0.15, 0.2) is 52.6 Å². The lowest BCUT2D eigenvalue weighted by molar-refractivity contribution is -0.122. The predicted octanol–water partition coefficient (Wildman–Crippen LogP) is 1.69. The van der Waals surface area contributed by atoms with E-state index in [4.69, 9.17) is 0 Å². The van der Waals surface area contributed by atoms with Crippen molar-refractivity contribution >= 4 is 21.8 Å². The molecule has 0 saturated heterocycles. The monoisotopic (exact) mass is 403 g/mol. The molecule has 3 rings (SSSR count). The van der Waals surface area contributed by atoms with E-state index >= 15 is 0 Å². The summed E-state index contributed by atoms with van der Waals surface area (Å²) in [5.41, 5.74) is 0.510. The topological polar surface area (TPSA) is 105 Å². The Morgan fingerprint density at radius 1 is 1.29 bits per heavy atom. The van der Waals surface area contributed by atoms with Gasteiger partial charge in [0.1, 0.15) is 11.9 Å². The van der Waals surface area contributed by atoms with Crippen molar-refractivity contribution in [1.82, 2.24) is 19.8 Å². The second-order valence-corrected chi connectivity index (χ2v) is 8.30. The van der Waals surface area contributed by atoms with Gasteiger partial charge in [-0.1, -0.05) is 31.9 Å². The molecule has 8 nitrogen and oxygen atoms in total. The van der Waals surface area contributed by atoms with E-state index in [1.54, 1.807) is 24.4 Å². The molecule has 1 unspecified atom stereocenters. The molecule has 9 heteroatoms. The fraction of sp³-hybridized carbons (Fsp3) is 0.421. The Hall–Kier alpha value is -2.68. The number of carbonyl (C=O) groups is 1. The number of rotatable bonds is 9. The standard InChI is InChI=1S/C19H25N5O3S/c1-2-3-9-16(19(25)20-11-6-13-24-14-7-12-21-24)22-18-15-8-4-5-10-17(15)28(26,27)23-18/h4-5,7-8,10,12,14,16H,2-3,6,9,11,13H2,1H3,(H,20,25)(H,22,23). The molecule has 0 spiro atoms. The molecule has 1 aliphatic rings. The maximum atomic E-state index is 12.7. The molecule has 1 atom stereocenters. The van der Waals surface area contributed by atoms with Gasteiger partial charge in [-0.3, -0.25) is 19.2 Å². The zero-order valence-corrected chi connectivity index (χ0v) is 16.7. The molecule has 28 heavy (non-hydrogen) atoms. The lowest BCUT2D eigenvalue weighted by atomic mass is 10.1. The van der Waals surface area contributed by atoms with Crippen LogP contribution in [0.3, 0.4) is 0 Å². The van der Waals surface area contributed by atoms with Crippen molar-refractivity contribution in [2.45, 2.75) is 50.1 Å². The maximum Gasteiger partial charge on any atom is 0.263 e. The van der Waals surface area contributed by atoms with Gasteiger partial charge >= 0.3 is 0 Å². The number of fused-ring (bicyclic) bond motifs is 1. The maximum absolute atomic E-state index is 12.7. The summed E-state index contributed by atoms with van der Waals surface area (Å²) in [6.45, 7) is 3.27. The second kappa shape index (κ2) is 9.01. The third-order valence-corrected chi connectivity index (χ3v) is 5.90. The first-order valence-electron chi connectivity index (χ1n) is 9.46. The summed E-state index contributed by atoms with van der Waals surface area (Å²) in [6.07, 6.45) is 6.67. The van der Waals surface area contributed by atoms with Crippen LogP contribution in [0.2, 0.25) is 0 Å². The zero-order chi connectivity index (χ0) is 20.0. The van der Waals surface area contributed by atoms with Crippen molar-refractivity contribution in [3.05, 3.63) is 48.3 Å². The largest absolute Gasteiger partial charge is 0.354 e. The summed E-state index contributed by atoms with van der Waals surface area (Å²) >= 11 is 0. The van der Waals surface area contributed by atoms with Crippen LogP contribution >= 0.6 is 0 Å². The Balaban J connectivity index is 1.68. The fourth-order valence-electron chi connectivity index (χ4n) is 3.04. The highest BCUT2D eigenvalue weighted by atomic mass is 32.2. The number of aromatic nitrogens is 2. The molecule has 2 heterocycles. The van der Waals surface area contributed by atoms with E-state index in [0.29, 0.717) is 25.1 Å². The van der Waals surface area contributed by atoms with Gasteiger partial charge in [0.05, 0.1) is 4.90 Å². The van der Waals surface area contributed by atoms with Gasteiger partial charge in [-0.15, -0.1) is 0 Å². The van der Waals surface area contributed by atoms with Crippen LogP contribution in [0.5, 0.6) is 0 Å². The molecule has 0 radical (unpaired) electrons. The lowest BCUT2D eigenvalue weighted by Crippen LogP contribution is -2.36. The Bertz CT molecular complexity index is 938. The van der Waals surface area contributed by atoms with Crippen LogP contribution in [0, 0.1) is 0 Å². The van der Waals surface area contributed by atoms with Gasteiger partial charge in [-0.25, -0.2) is 8.42 Å². The summed E-state index contributed by atoms with van der Waals surface area (Å²) < 4.78 is 28.8. The number of aryl methyl sites for hydroxylation is 1. The highest BCUT2D eigenvalue weighted by Crippen LogP contribution is 2.23. The van der Waals surface area contributed by atoms with Crippen LogP contribution < -0.4 is 10.0 Å². The minimum atomic E-state index is -3.61. The summed E-state index contributed by atoms with van der Waals surface area (Å²) in [4.78, 5) is 17.3. The Morgan fingerprint density at radius 2 is 2.11 bits per heavy atom. The van der Waals surface area contributed by atoms with Crippen LogP contribution in [-0.4, -0.2) is 42.5 Å². The number of amides is 1. The predicted molar refractivity (Wildman–Crippen MR) is 106 cm³/mol. The number of benzene rings is 1. The minimum absolute atomic E-state index is 0.190. The molecule has 0 bridgehead atoms. The van der Waals surface area contributed by atoms with Gasteiger partial charge < -0.3 is 5.32 Å². The average Bonchev–Trinajstić information content (AvgIpc) is 3.29. The van der Waals surface area contributed by atoms with Crippen LogP contribution in [0.25, 0.3) is 0 Å². The SMILES string of the molecule is CCCCC(N=C1NS(=O)(=O)c2ccccc21)C(=O)NCCCn1cccn1. The van der Waals surface area contributed by atoms with Crippen LogP contribution in [0.1, 0.15) is 38.2 Å². The number of sulfonamides is 1. The highest BCUT2D eigenvalue weighted by Gasteiger charge is 2.31. The van der Waals surface area contributed by atoms with Crippen LogP contribution in [-0.2, 0) is 21.4 Å². The van der Waals surface area contributed by atoms with Gasteiger partial charge in [-0.2, -0.15) is 5.10 Å². The van der Waals surface area contributed by atoms with E-state index in [2.05, 4.69) is 20.1 Å². The van der Waals surface area contributed by atoms with E-state index in [-0.39, 0.29) is 16.6 Å². The quantitative estimate of drug-likeness (QED) is 0.622. The summed E-state index contributed by atoms with van der Waals surface area (Å²) in [7, 11) is -3.61. The van der Waals surface area contributed by atoms with Crippen molar-refractivity contribution in [2.75, 3.05) is 6.54 Å². The van der Waals surface area contributed by atoms with E-state index < -0.39 is 16.1 Å². The van der Waals surface area contributed by atoms with Crippen molar-refractivity contribution < 1.29 is 13.2 Å². The Kier molecular flexibility index (Phi) is 6.45. The molecular weight excluding hydrogens is 378 g/mol. The minimum Gasteiger partial charge on any atom is -0.354 e. The van der Waals surface area contributed by atoms with Crippen molar-refractivity contribution in [3.63, 3.8) is 0 Å². The zero-order valence-electron chi connectivity index (χ0n) is 15.8. The first-order chi connectivity index (χ1) is 13.5. The van der Waals surface area contributed by atoms with Gasteiger partial charge in [0.15, 0.2) is 0 Å². The molecule has 0 aliphatic carbocycles. The average molecular weight is 404 g/mol. The highest BCUT2D eigenvalue weighted by molar-refractivity contribution is 7.90. The van der Waals surface area contributed by atoms with Crippen molar-refractivity contribution in [3.8, 4) is 0 Å². The number of hydrogen-bond donors (Lipinski definition) is 2. The first kappa shape index (κ1) is 20.1. The fourth-order valence-corrected chi connectivity index (χ4v) is 4.28. The summed E-state index contributed by atoms with van der Waals surface area (Å²) in [5, 5.41) is 7.04. The van der Waals surface area contributed by atoms with Gasteiger partial charge in [-0.05, 0) is 31.0 Å². The molecule has 0 fully saturated rings. The summed E-state index contributed by atoms with van der Waals surface area (Å²) in [5.74, 6) is 0.0494. The van der Waals surface area contributed by atoms with E-state index in [1.807, 2.05) is 23.9 Å². The molecule has 1 amide bonds. The second-order valence-electron chi connectivity index (χ2n) is 6.65. The third kappa shape index (κ3) is 4.78. The molecule has 150 valence electrons. The molecule has 1 aromatic heterocycles. The molecule has 0 saturated carbocycles. The first-order valence-corrected chi connectivity index (χ1v) is 10.9. The molecule has 2 aromatic rings. The molecule has 1 aromatic carbocycles. The van der Waals surface area contributed by atoms with E-state index in [1.165, 1.54) is 6.07 Å². The smallest absolute Gasteiger partial charge is 0.263 e. The molecular formula is C19H25N5O3S. The van der Waals surface area contributed by atoms with Gasteiger partial charge in [0.25, 0.3) is 10.0 Å². The van der Waals surface area contributed by atoms with E-state index in [0.717, 1.165) is 19.3 Å². The molecule has 1 aliphatic heterocycles. The summed E-state index contributed by atoms with van der Waals surface area (Å²) in [6, 6.07) is 7.89. The normalized spacial score (nSPS) is 17.1. The van der Waals surface area contributed by atoms with Crippen LogP contribution in [0.4, 0.5) is 0 Å². The number of aliphatic imine (C=N–C) groups is 1. The van der Waals surface area contributed by atoms with Gasteiger partial charge in [0.2, 0.25) is 5.91 Å². The Morgan fingerprint density at radius 3 is 2.86 bits per heavy atom. The van der Waals surface area contributed by atoms with Crippen molar-refractivity contribution in [1.29, 1.82) is 0 Å². The molecule has 2 N–H and O–H groups in total. The number of nitrogens with zero attached hydrogens (tertiary/aromatic N) is 3. The number of hydrogen-bond acceptors (Lipinski definition) is 5.